The first-order valence-electron chi connectivity index (χ1n) is 20.9. The van der Waals surface area contributed by atoms with Crippen LogP contribution >= 0.6 is 7.82 Å². The summed E-state index contributed by atoms with van der Waals surface area (Å²) >= 11 is 0. The van der Waals surface area contributed by atoms with Crippen molar-refractivity contribution in [1.82, 2.24) is 0 Å². The lowest BCUT2D eigenvalue weighted by Crippen LogP contribution is -2.29. The maximum absolute atomic E-state index is 12.6. The Morgan fingerprint density at radius 3 is 1.75 bits per heavy atom. The molecule has 0 fully saturated rings. The van der Waals surface area contributed by atoms with E-state index in [1.54, 1.807) is 30.4 Å². The molecule has 0 amide bonds. The SMILES string of the molecule is CC/C=C\C/C=C\C/C=C\C/C=C\C/C=C\CCCC(=O)OC[C@H](COP(=O)(O)OCCN)OC(=O)CCC/C=C\[C@@H](O)/C=C/C=C\C/C=C\C=C\[C@@H](O)C/C=C\CC. The fourth-order valence-corrected chi connectivity index (χ4v) is 5.41. The van der Waals surface area contributed by atoms with Gasteiger partial charge in [0.2, 0.25) is 0 Å². The molecule has 11 nitrogen and oxygen atoms in total. The Hall–Kier alpha value is -3.93. The Kier molecular flexibility index (Phi) is 38.1. The van der Waals surface area contributed by atoms with Gasteiger partial charge in [-0.2, -0.15) is 0 Å². The first-order valence-corrected chi connectivity index (χ1v) is 22.4. The number of nitrogens with two attached hydrogens (primary N) is 1. The number of rotatable bonds is 36. The van der Waals surface area contributed by atoms with Gasteiger partial charge in [0.05, 0.1) is 25.4 Å². The van der Waals surface area contributed by atoms with Crippen molar-refractivity contribution in [1.29, 1.82) is 0 Å². The van der Waals surface area contributed by atoms with Crippen LogP contribution in [0.1, 0.15) is 104 Å². The van der Waals surface area contributed by atoms with E-state index in [2.05, 4.69) is 62.5 Å². The van der Waals surface area contributed by atoms with E-state index in [9.17, 15) is 29.3 Å². The lowest BCUT2D eigenvalue weighted by atomic mass is 10.2. The molecule has 0 saturated carbocycles. The van der Waals surface area contributed by atoms with Gasteiger partial charge in [0.1, 0.15) is 6.61 Å². The van der Waals surface area contributed by atoms with Crippen LogP contribution in [0.4, 0.5) is 0 Å². The van der Waals surface area contributed by atoms with Crippen LogP contribution in [0.3, 0.4) is 0 Å². The standard InChI is InChI=1S/C47H72NO10P/c1-3-5-7-8-9-10-11-12-13-14-15-16-17-18-22-25-31-37-46(51)55-41-45(42-57-59(53,54)56-40-39-48)58-47(52)38-32-26-30-36-44(50)35-29-24-21-19-20-23-28-34-43(49)33-27-6-4-2/h5-7,9-10,12-13,15-16,18,20-24,27-30,34-36,43-45,49-50H,3-4,8,11,14,17,19,25-26,31-33,37-42,48H2,1-2H3,(H,53,54)/b7-5-,10-9-,13-12-,16-15-,22-18-,23-20-,24-21-,27-6-,34-28+,35-29+,36-30-/t43-,44-,45+/m0/s1. The van der Waals surface area contributed by atoms with Gasteiger partial charge < -0.3 is 30.3 Å². The lowest BCUT2D eigenvalue weighted by molar-refractivity contribution is -0.161. The number of unbranched alkanes of at least 4 members (excludes halogenated alkanes) is 2. The number of phosphoric ester groups is 1. The first kappa shape index (κ1) is 55.1. The van der Waals surface area contributed by atoms with Gasteiger partial charge in [0.25, 0.3) is 0 Å². The summed E-state index contributed by atoms with van der Waals surface area (Å²) in [5.74, 6) is -1.10. The summed E-state index contributed by atoms with van der Waals surface area (Å²) in [5.41, 5.74) is 5.32. The fourth-order valence-electron chi connectivity index (χ4n) is 4.64. The summed E-state index contributed by atoms with van der Waals surface area (Å²) in [4.78, 5) is 34.8. The quantitative estimate of drug-likeness (QED) is 0.0155. The normalized spacial score (nSPS) is 15.7. The van der Waals surface area contributed by atoms with Crippen LogP contribution < -0.4 is 5.73 Å². The predicted octanol–water partition coefficient (Wildman–Crippen LogP) is 9.87. The molecule has 0 aliphatic rings. The summed E-state index contributed by atoms with van der Waals surface area (Å²) in [5, 5.41) is 20.0. The van der Waals surface area contributed by atoms with Crippen LogP contribution in [-0.2, 0) is 32.7 Å². The molecule has 5 N–H and O–H groups in total. The van der Waals surface area contributed by atoms with Crippen LogP contribution in [0, 0.1) is 0 Å². The maximum Gasteiger partial charge on any atom is 0.472 e. The Labute approximate surface area is 354 Å². The summed E-state index contributed by atoms with van der Waals surface area (Å²) in [6, 6.07) is 0. The number of carbonyl (C=O) groups excluding carboxylic acids is 2. The van der Waals surface area contributed by atoms with Crippen molar-refractivity contribution in [3.63, 3.8) is 0 Å². The molecule has 0 rings (SSSR count). The van der Waals surface area contributed by atoms with E-state index in [-0.39, 0.29) is 32.6 Å². The maximum atomic E-state index is 12.6. The molecule has 0 aromatic rings. The van der Waals surface area contributed by atoms with Crippen molar-refractivity contribution < 1.29 is 47.8 Å². The number of allylic oxidation sites excluding steroid dienone is 18. The highest BCUT2D eigenvalue weighted by Crippen LogP contribution is 2.43. The molecule has 4 atom stereocenters. The van der Waals surface area contributed by atoms with Gasteiger partial charge in [-0.25, -0.2) is 4.57 Å². The van der Waals surface area contributed by atoms with Crippen molar-refractivity contribution >= 4 is 19.8 Å². The van der Waals surface area contributed by atoms with Gasteiger partial charge in [0.15, 0.2) is 6.10 Å². The molecule has 0 aliphatic carbocycles. The van der Waals surface area contributed by atoms with Gasteiger partial charge >= 0.3 is 19.8 Å². The molecular weight excluding hydrogens is 769 g/mol. The van der Waals surface area contributed by atoms with E-state index in [0.717, 1.165) is 38.5 Å². The second-order valence-electron chi connectivity index (χ2n) is 13.1. The molecule has 1 unspecified atom stereocenters. The van der Waals surface area contributed by atoms with Crippen LogP contribution in [0.25, 0.3) is 0 Å². The Balaban J connectivity index is 4.56. The smallest absolute Gasteiger partial charge is 0.462 e. The second-order valence-corrected chi connectivity index (χ2v) is 14.6. The van der Waals surface area contributed by atoms with Gasteiger partial charge in [-0.1, -0.05) is 148 Å². The third kappa shape index (κ3) is 40.6. The number of aliphatic hydroxyl groups excluding tert-OH is 2. The lowest BCUT2D eigenvalue weighted by Gasteiger charge is -2.19. The van der Waals surface area contributed by atoms with Crippen molar-refractivity contribution in [2.75, 3.05) is 26.4 Å². The monoisotopic (exact) mass is 841 g/mol. The number of phosphoric acid groups is 1. The van der Waals surface area contributed by atoms with Gasteiger partial charge in [-0.3, -0.25) is 18.6 Å². The summed E-state index contributed by atoms with van der Waals surface area (Å²) in [6.07, 6.45) is 49.9. The zero-order valence-electron chi connectivity index (χ0n) is 35.4. The van der Waals surface area contributed by atoms with E-state index < -0.39 is 44.7 Å². The van der Waals surface area contributed by atoms with E-state index >= 15 is 0 Å². The van der Waals surface area contributed by atoms with E-state index in [4.69, 9.17) is 24.3 Å². The summed E-state index contributed by atoms with van der Waals surface area (Å²) in [6.45, 7) is 3.09. The van der Waals surface area contributed by atoms with Crippen molar-refractivity contribution in [3.8, 4) is 0 Å². The van der Waals surface area contributed by atoms with Crippen molar-refractivity contribution in [2.24, 2.45) is 5.73 Å². The molecule has 0 bridgehead atoms. The third-order valence-electron chi connectivity index (χ3n) is 7.71. The van der Waals surface area contributed by atoms with Crippen LogP contribution in [-0.4, -0.2) is 71.7 Å². The Morgan fingerprint density at radius 1 is 0.610 bits per heavy atom. The van der Waals surface area contributed by atoms with E-state index in [0.29, 0.717) is 38.5 Å². The highest BCUT2D eigenvalue weighted by Gasteiger charge is 2.25. The number of hydrogen-bond donors (Lipinski definition) is 4. The Bertz CT molecular complexity index is 1450. The van der Waals surface area contributed by atoms with Gasteiger partial charge in [-0.05, 0) is 77.0 Å². The predicted molar refractivity (Wildman–Crippen MR) is 240 cm³/mol. The minimum absolute atomic E-state index is 0.00399. The van der Waals surface area contributed by atoms with Gasteiger partial charge in [0, 0.05) is 19.4 Å². The van der Waals surface area contributed by atoms with E-state index in [1.807, 2.05) is 54.7 Å². The zero-order valence-corrected chi connectivity index (χ0v) is 36.3. The molecule has 0 heterocycles. The average Bonchev–Trinajstić information content (AvgIpc) is 3.21. The number of aliphatic hydroxyl groups is 2. The van der Waals surface area contributed by atoms with Crippen LogP contribution in [0.5, 0.6) is 0 Å². The zero-order chi connectivity index (χ0) is 43.5. The number of hydrogen-bond acceptors (Lipinski definition) is 10. The molecule has 59 heavy (non-hydrogen) atoms. The minimum atomic E-state index is -4.46. The summed E-state index contributed by atoms with van der Waals surface area (Å²) < 4.78 is 32.5. The largest absolute Gasteiger partial charge is 0.472 e. The average molecular weight is 842 g/mol. The van der Waals surface area contributed by atoms with Crippen molar-refractivity contribution in [3.05, 3.63) is 134 Å². The second kappa shape index (κ2) is 40.8. The molecular formula is C47H72NO10P. The number of esters is 2. The van der Waals surface area contributed by atoms with Gasteiger partial charge in [-0.15, -0.1) is 0 Å². The molecule has 330 valence electrons. The van der Waals surface area contributed by atoms with Crippen LogP contribution in [0.2, 0.25) is 0 Å². The summed E-state index contributed by atoms with van der Waals surface area (Å²) in [7, 11) is -4.46. The molecule has 0 aromatic carbocycles. The highest BCUT2D eigenvalue weighted by molar-refractivity contribution is 7.47. The van der Waals surface area contributed by atoms with Crippen molar-refractivity contribution in [2.45, 2.75) is 122 Å². The number of ether oxygens (including phenoxy) is 2. The molecule has 0 aromatic heterocycles. The molecule has 0 radical (unpaired) electrons. The first-order chi connectivity index (χ1) is 28.6. The third-order valence-corrected chi connectivity index (χ3v) is 8.69. The Morgan fingerprint density at radius 2 is 1.14 bits per heavy atom. The molecule has 0 saturated heterocycles. The topological polar surface area (TPSA) is 175 Å². The fraction of sp³-hybridized carbons (Fsp3) is 0.489. The highest BCUT2D eigenvalue weighted by atomic mass is 31.2. The molecule has 0 aliphatic heterocycles. The molecule has 12 heteroatoms. The van der Waals surface area contributed by atoms with E-state index in [1.165, 1.54) is 0 Å². The van der Waals surface area contributed by atoms with Crippen LogP contribution in [0.15, 0.2) is 134 Å². The molecule has 0 spiro atoms. The minimum Gasteiger partial charge on any atom is -0.462 e. The number of carbonyl (C=O) groups is 2.